The molecule has 7 heteroatoms. The fraction of sp³-hybridized carbons (Fsp3) is 0.562. The van der Waals surface area contributed by atoms with Crippen LogP contribution in [0.4, 0.5) is 23.7 Å². The zero-order valence-corrected chi connectivity index (χ0v) is 13.3. The summed E-state index contributed by atoms with van der Waals surface area (Å²) in [6, 6.07) is 5.85. The molecule has 130 valence electrons. The van der Waals surface area contributed by atoms with Gasteiger partial charge in [0.05, 0.1) is 12.1 Å². The van der Waals surface area contributed by atoms with Crippen LogP contribution in [0.2, 0.25) is 0 Å². The van der Waals surface area contributed by atoms with Gasteiger partial charge in [-0.25, -0.2) is 4.79 Å². The van der Waals surface area contributed by atoms with Crippen molar-refractivity contribution in [3.8, 4) is 0 Å². The molecule has 0 saturated heterocycles. The number of aryl methyl sites for hydroxylation is 1. The maximum Gasteiger partial charge on any atom is 0.389 e. The molecule has 1 rings (SSSR count). The van der Waals surface area contributed by atoms with Gasteiger partial charge < -0.3 is 15.7 Å². The second-order valence-electron chi connectivity index (χ2n) is 5.50. The summed E-state index contributed by atoms with van der Waals surface area (Å²) in [6.45, 7) is 3.48. The van der Waals surface area contributed by atoms with Gasteiger partial charge in [0.15, 0.2) is 0 Å². The van der Waals surface area contributed by atoms with Gasteiger partial charge in [-0.05, 0) is 30.9 Å². The van der Waals surface area contributed by atoms with Gasteiger partial charge in [-0.15, -0.1) is 0 Å². The van der Waals surface area contributed by atoms with Crippen LogP contribution >= 0.6 is 0 Å². The van der Waals surface area contributed by atoms with Gasteiger partial charge in [-0.1, -0.05) is 32.0 Å². The van der Waals surface area contributed by atoms with Crippen LogP contribution in [0.5, 0.6) is 0 Å². The van der Waals surface area contributed by atoms with E-state index in [0.717, 1.165) is 0 Å². The highest BCUT2D eigenvalue weighted by Gasteiger charge is 2.28. The van der Waals surface area contributed by atoms with E-state index in [1.54, 1.807) is 24.3 Å². The highest BCUT2D eigenvalue weighted by atomic mass is 19.4. The molecule has 0 radical (unpaired) electrons. The second-order valence-corrected chi connectivity index (χ2v) is 5.50. The number of aliphatic hydroxyl groups is 1. The Balaban J connectivity index is 2.78. The number of carbonyl (C=O) groups is 1. The lowest BCUT2D eigenvalue weighted by Crippen LogP contribution is -2.52. The van der Waals surface area contributed by atoms with Gasteiger partial charge >= 0.3 is 12.2 Å². The number of alkyl halides is 3. The van der Waals surface area contributed by atoms with Crippen LogP contribution in [-0.2, 0) is 6.42 Å². The molecule has 4 nitrogen and oxygen atoms in total. The van der Waals surface area contributed by atoms with Crippen LogP contribution in [0.3, 0.4) is 0 Å². The fourth-order valence-corrected chi connectivity index (χ4v) is 2.22. The van der Waals surface area contributed by atoms with Crippen molar-refractivity contribution >= 4 is 11.7 Å². The normalized spacial score (nSPS) is 12.1. The number of halogens is 3. The van der Waals surface area contributed by atoms with Crippen molar-refractivity contribution in [2.24, 2.45) is 0 Å². The predicted octanol–water partition coefficient (Wildman–Crippen LogP) is 3.85. The summed E-state index contributed by atoms with van der Waals surface area (Å²) in [5.41, 5.74) is 0.0289. The summed E-state index contributed by atoms with van der Waals surface area (Å²) in [5.74, 6) is 0. The van der Waals surface area contributed by atoms with E-state index in [2.05, 4.69) is 10.6 Å². The maximum atomic E-state index is 12.4. The minimum Gasteiger partial charge on any atom is -0.394 e. The minimum absolute atomic E-state index is 0.202. The molecule has 23 heavy (non-hydrogen) atoms. The van der Waals surface area contributed by atoms with Gasteiger partial charge in [0, 0.05) is 12.1 Å². The molecule has 0 heterocycles. The molecule has 0 aliphatic heterocycles. The first kappa shape index (κ1) is 19.3. The molecule has 0 aliphatic rings. The predicted molar refractivity (Wildman–Crippen MR) is 83.4 cm³/mol. The first-order valence-corrected chi connectivity index (χ1v) is 7.60. The summed E-state index contributed by atoms with van der Waals surface area (Å²) in [5, 5.41) is 14.7. The molecular weight excluding hydrogens is 309 g/mol. The Morgan fingerprint density at radius 3 is 2.30 bits per heavy atom. The average molecular weight is 332 g/mol. The topological polar surface area (TPSA) is 61.4 Å². The number of rotatable bonds is 7. The molecule has 0 spiro atoms. The van der Waals surface area contributed by atoms with Gasteiger partial charge in [-0.2, -0.15) is 13.2 Å². The summed E-state index contributed by atoms with van der Waals surface area (Å²) in [4.78, 5) is 12.1. The Bertz CT molecular complexity index is 506. The fourth-order valence-electron chi connectivity index (χ4n) is 2.22. The van der Waals surface area contributed by atoms with Gasteiger partial charge in [0.25, 0.3) is 0 Å². The number of aliphatic hydroxyl groups excluding tert-OH is 1. The van der Waals surface area contributed by atoms with Crippen molar-refractivity contribution < 1.29 is 23.1 Å². The summed E-state index contributed by atoms with van der Waals surface area (Å²) < 4.78 is 37.1. The van der Waals surface area contributed by atoms with Crippen molar-refractivity contribution in [3.63, 3.8) is 0 Å². The Labute approximate surface area is 134 Å². The lowest BCUT2D eigenvalue weighted by atomic mass is 9.94. The first-order chi connectivity index (χ1) is 10.7. The van der Waals surface area contributed by atoms with Crippen LogP contribution in [0, 0.1) is 0 Å². The SMILES string of the molecule is CCC(CC)(CO)NC(=O)Nc1ccccc1CCC(F)(F)F. The van der Waals surface area contributed by atoms with Crippen molar-refractivity contribution in [1.82, 2.24) is 5.32 Å². The number of anilines is 1. The smallest absolute Gasteiger partial charge is 0.389 e. The number of hydrogen-bond acceptors (Lipinski definition) is 2. The Kier molecular flexibility index (Phi) is 6.87. The number of hydrogen-bond donors (Lipinski definition) is 3. The number of carbonyl (C=O) groups excluding carboxylic acids is 1. The Morgan fingerprint density at radius 2 is 1.78 bits per heavy atom. The highest BCUT2D eigenvalue weighted by Crippen LogP contribution is 2.25. The van der Waals surface area contributed by atoms with Crippen LogP contribution in [-0.4, -0.2) is 29.5 Å². The van der Waals surface area contributed by atoms with Crippen molar-refractivity contribution in [2.45, 2.75) is 51.2 Å². The van der Waals surface area contributed by atoms with E-state index in [1.807, 2.05) is 13.8 Å². The van der Waals surface area contributed by atoms with E-state index in [9.17, 15) is 23.1 Å². The highest BCUT2D eigenvalue weighted by molar-refractivity contribution is 5.90. The van der Waals surface area contributed by atoms with Gasteiger partial charge in [-0.3, -0.25) is 0 Å². The van der Waals surface area contributed by atoms with Crippen LogP contribution in [0.25, 0.3) is 0 Å². The minimum atomic E-state index is -4.24. The van der Waals surface area contributed by atoms with Crippen LogP contribution in [0.1, 0.15) is 38.7 Å². The second kappa shape index (κ2) is 8.19. The molecule has 0 aliphatic carbocycles. The average Bonchev–Trinajstić information content (AvgIpc) is 2.51. The third-order valence-electron chi connectivity index (χ3n) is 3.98. The van der Waals surface area contributed by atoms with Crippen LogP contribution < -0.4 is 10.6 Å². The zero-order chi connectivity index (χ0) is 17.5. The zero-order valence-electron chi connectivity index (χ0n) is 13.3. The largest absolute Gasteiger partial charge is 0.394 e. The lowest BCUT2D eigenvalue weighted by Gasteiger charge is -2.30. The third kappa shape index (κ3) is 6.09. The first-order valence-electron chi connectivity index (χ1n) is 7.60. The number of nitrogens with one attached hydrogen (secondary N) is 2. The lowest BCUT2D eigenvalue weighted by molar-refractivity contribution is -0.133. The monoisotopic (exact) mass is 332 g/mol. The Morgan fingerprint density at radius 1 is 1.17 bits per heavy atom. The molecule has 0 aromatic heterocycles. The summed E-state index contributed by atoms with van der Waals surface area (Å²) in [6.07, 6.45) is -4.30. The summed E-state index contributed by atoms with van der Waals surface area (Å²) in [7, 11) is 0. The maximum absolute atomic E-state index is 12.4. The van der Waals surface area contributed by atoms with Gasteiger partial charge in [0.1, 0.15) is 0 Å². The molecule has 0 unspecified atom stereocenters. The van der Waals surface area contributed by atoms with E-state index < -0.39 is 24.2 Å². The quantitative estimate of drug-likeness (QED) is 0.710. The molecule has 0 fully saturated rings. The van der Waals surface area contributed by atoms with E-state index in [0.29, 0.717) is 24.1 Å². The number of benzene rings is 1. The third-order valence-corrected chi connectivity index (χ3v) is 3.98. The van der Waals surface area contributed by atoms with Gasteiger partial charge in [0.2, 0.25) is 0 Å². The van der Waals surface area contributed by atoms with Crippen molar-refractivity contribution in [1.29, 1.82) is 0 Å². The van der Waals surface area contributed by atoms with Crippen LogP contribution in [0.15, 0.2) is 24.3 Å². The van der Waals surface area contributed by atoms with E-state index in [-0.39, 0.29) is 13.0 Å². The molecule has 0 bridgehead atoms. The van der Waals surface area contributed by atoms with Crippen molar-refractivity contribution in [3.05, 3.63) is 29.8 Å². The standard InChI is InChI=1S/C16H23F3N2O2/c1-3-15(4-2,11-22)21-14(23)20-13-8-6-5-7-12(13)9-10-16(17,18)19/h5-8,22H,3-4,9-11H2,1-2H3,(H2,20,21,23). The number of urea groups is 1. The number of para-hydroxylation sites is 1. The van der Waals surface area contributed by atoms with E-state index >= 15 is 0 Å². The van der Waals surface area contributed by atoms with Crippen molar-refractivity contribution in [2.75, 3.05) is 11.9 Å². The Hall–Kier alpha value is -1.76. The molecule has 2 amide bonds. The summed E-state index contributed by atoms with van der Waals surface area (Å²) >= 11 is 0. The molecular formula is C16H23F3N2O2. The van der Waals surface area contributed by atoms with E-state index in [4.69, 9.17) is 0 Å². The molecule has 1 aromatic rings. The molecule has 3 N–H and O–H groups in total. The molecule has 1 aromatic carbocycles. The molecule has 0 saturated carbocycles. The molecule has 0 atom stereocenters. The number of amides is 2. The van der Waals surface area contributed by atoms with E-state index in [1.165, 1.54) is 0 Å².